The summed E-state index contributed by atoms with van der Waals surface area (Å²) in [5.41, 5.74) is 9.60. The van der Waals surface area contributed by atoms with E-state index in [1.165, 1.54) is 0 Å². The van der Waals surface area contributed by atoms with Crippen LogP contribution in [0.1, 0.15) is 11.1 Å². The lowest BCUT2D eigenvalue weighted by atomic mass is 10.1. The normalized spacial score (nSPS) is 10.3. The van der Waals surface area contributed by atoms with Crippen LogP contribution in [0.5, 0.6) is 11.5 Å². The lowest BCUT2D eigenvalue weighted by molar-refractivity contribution is 0.302. The predicted molar refractivity (Wildman–Crippen MR) is 103 cm³/mol. The average Bonchev–Trinajstić information content (AvgIpc) is 2.71. The smallest absolute Gasteiger partial charge is 0.123 e. The van der Waals surface area contributed by atoms with Crippen molar-refractivity contribution in [3.63, 3.8) is 0 Å². The molecule has 0 aliphatic carbocycles. The fraction of sp³-hybridized carbons (Fsp3) is 0.190. The Morgan fingerprint density at radius 3 is 2.54 bits per heavy atom. The van der Waals surface area contributed by atoms with E-state index in [1.807, 2.05) is 48.5 Å². The van der Waals surface area contributed by atoms with E-state index in [1.54, 1.807) is 19.5 Å². The average molecular weight is 349 g/mol. The molecule has 0 spiro atoms. The molecule has 0 amide bonds. The van der Waals surface area contributed by atoms with Gasteiger partial charge in [-0.15, -0.1) is 0 Å². The number of methoxy groups -OCH3 is 1. The van der Waals surface area contributed by atoms with Gasteiger partial charge in [0.1, 0.15) is 18.1 Å². The van der Waals surface area contributed by atoms with Gasteiger partial charge in [-0.3, -0.25) is 4.98 Å². The van der Waals surface area contributed by atoms with Gasteiger partial charge >= 0.3 is 0 Å². The van der Waals surface area contributed by atoms with Crippen molar-refractivity contribution in [1.29, 1.82) is 0 Å². The summed E-state index contributed by atoms with van der Waals surface area (Å²) < 4.78 is 11.4. The SMILES string of the molecule is COc1ccc(OCc2ccccc2)c(CCNNc2ccncc2)c1. The summed E-state index contributed by atoms with van der Waals surface area (Å²) >= 11 is 0. The first-order chi connectivity index (χ1) is 12.8. The molecule has 0 fully saturated rings. The van der Waals surface area contributed by atoms with Crippen LogP contribution in [0, 0.1) is 0 Å². The van der Waals surface area contributed by atoms with Gasteiger partial charge in [0.05, 0.1) is 12.8 Å². The van der Waals surface area contributed by atoms with Gasteiger partial charge in [-0.2, -0.15) is 0 Å². The van der Waals surface area contributed by atoms with Crippen molar-refractivity contribution in [3.05, 3.63) is 84.2 Å². The van der Waals surface area contributed by atoms with Gasteiger partial charge in [0.15, 0.2) is 0 Å². The number of nitrogens with zero attached hydrogens (tertiary/aromatic N) is 1. The van der Waals surface area contributed by atoms with Gasteiger partial charge in [0.2, 0.25) is 0 Å². The van der Waals surface area contributed by atoms with Gasteiger partial charge in [0, 0.05) is 18.9 Å². The Kier molecular flexibility index (Phi) is 6.45. The first-order valence-electron chi connectivity index (χ1n) is 8.57. The molecule has 26 heavy (non-hydrogen) atoms. The molecular weight excluding hydrogens is 326 g/mol. The molecule has 0 saturated heterocycles. The van der Waals surface area contributed by atoms with E-state index in [0.29, 0.717) is 6.61 Å². The number of hydrogen-bond donors (Lipinski definition) is 2. The van der Waals surface area contributed by atoms with Crippen LogP contribution in [-0.4, -0.2) is 18.6 Å². The maximum atomic E-state index is 6.03. The van der Waals surface area contributed by atoms with Crippen LogP contribution in [0.4, 0.5) is 5.69 Å². The Bertz CT molecular complexity index is 795. The highest BCUT2D eigenvalue weighted by molar-refractivity contribution is 5.41. The number of benzene rings is 2. The van der Waals surface area contributed by atoms with Crippen LogP contribution in [0.25, 0.3) is 0 Å². The number of aromatic nitrogens is 1. The van der Waals surface area contributed by atoms with Gasteiger partial charge < -0.3 is 14.9 Å². The summed E-state index contributed by atoms with van der Waals surface area (Å²) in [6.07, 6.45) is 4.31. The fourth-order valence-corrected chi connectivity index (χ4v) is 2.55. The second-order valence-electron chi connectivity index (χ2n) is 5.79. The van der Waals surface area contributed by atoms with Gasteiger partial charge in [0.25, 0.3) is 0 Å². The van der Waals surface area contributed by atoms with Crippen LogP contribution in [0.15, 0.2) is 73.1 Å². The van der Waals surface area contributed by atoms with Crippen molar-refractivity contribution in [3.8, 4) is 11.5 Å². The first kappa shape index (κ1) is 17.8. The standard InChI is InChI=1S/C21H23N3O2/c1-25-20-7-8-21(26-16-17-5-3-2-4-6-17)18(15-20)9-14-23-24-19-10-12-22-13-11-19/h2-8,10-13,15,23H,9,14,16H2,1H3,(H,22,24). The summed E-state index contributed by atoms with van der Waals surface area (Å²) in [4.78, 5) is 4.00. The fourth-order valence-electron chi connectivity index (χ4n) is 2.55. The number of anilines is 1. The largest absolute Gasteiger partial charge is 0.497 e. The highest BCUT2D eigenvalue weighted by Crippen LogP contribution is 2.25. The molecule has 0 aliphatic rings. The van der Waals surface area contributed by atoms with Crippen LogP contribution in [0.2, 0.25) is 0 Å². The van der Waals surface area contributed by atoms with E-state index in [-0.39, 0.29) is 0 Å². The molecule has 0 bridgehead atoms. The maximum Gasteiger partial charge on any atom is 0.123 e. The van der Waals surface area contributed by atoms with Crippen LogP contribution in [-0.2, 0) is 13.0 Å². The number of nitrogens with one attached hydrogen (secondary N) is 2. The first-order valence-corrected chi connectivity index (χ1v) is 8.57. The third-order valence-corrected chi connectivity index (χ3v) is 3.94. The van der Waals surface area contributed by atoms with E-state index < -0.39 is 0 Å². The molecule has 2 N–H and O–H groups in total. The van der Waals surface area contributed by atoms with Crippen molar-refractivity contribution < 1.29 is 9.47 Å². The molecule has 0 unspecified atom stereocenters. The van der Waals surface area contributed by atoms with E-state index in [9.17, 15) is 0 Å². The maximum absolute atomic E-state index is 6.03. The molecule has 3 rings (SSSR count). The number of ether oxygens (including phenoxy) is 2. The molecule has 2 aromatic carbocycles. The molecule has 1 heterocycles. The lowest BCUT2D eigenvalue weighted by Gasteiger charge is -2.14. The minimum atomic E-state index is 0.545. The molecule has 5 heteroatoms. The number of pyridine rings is 1. The van der Waals surface area contributed by atoms with Crippen molar-refractivity contribution in [2.45, 2.75) is 13.0 Å². The number of hydrazine groups is 1. The van der Waals surface area contributed by atoms with E-state index in [2.05, 4.69) is 28.0 Å². The molecule has 0 aliphatic heterocycles. The van der Waals surface area contributed by atoms with Gasteiger partial charge in [-0.1, -0.05) is 30.3 Å². The molecule has 1 aromatic heterocycles. The minimum absolute atomic E-state index is 0.545. The van der Waals surface area contributed by atoms with Crippen LogP contribution < -0.4 is 20.3 Å². The van der Waals surface area contributed by atoms with E-state index in [4.69, 9.17) is 9.47 Å². The molecule has 5 nitrogen and oxygen atoms in total. The second kappa shape index (κ2) is 9.44. The Labute approximate surface area is 154 Å². The van der Waals surface area contributed by atoms with Crippen molar-refractivity contribution in [1.82, 2.24) is 10.4 Å². The zero-order valence-corrected chi connectivity index (χ0v) is 14.8. The van der Waals surface area contributed by atoms with Crippen molar-refractivity contribution in [2.24, 2.45) is 0 Å². The molecule has 0 saturated carbocycles. The number of hydrogen-bond acceptors (Lipinski definition) is 5. The summed E-state index contributed by atoms with van der Waals surface area (Å²) in [6, 6.07) is 19.9. The highest BCUT2D eigenvalue weighted by Gasteiger charge is 2.06. The second-order valence-corrected chi connectivity index (χ2v) is 5.79. The van der Waals surface area contributed by atoms with E-state index >= 15 is 0 Å². The minimum Gasteiger partial charge on any atom is -0.497 e. The summed E-state index contributed by atoms with van der Waals surface area (Å²) in [6.45, 7) is 1.29. The summed E-state index contributed by atoms with van der Waals surface area (Å²) in [7, 11) is 1.67. The highest BCUT2D eigenvalue weighted by atomic mass is 16.5. The third kappa shape index (κ3) is 5.22. The zero-order chi connectivity index (χ0) is 18.0. The summed E-state index contributed by atoms with van der Waals surface area (Å²) in [5, 5.41) is 0. The number of rotatable bonds is 9. The molecule has 3 aromatic rings. The van der Waals surface area contributed by atoms with Gasteiger partial charge in [-0.05, 0) is 47.9 Å². The Morgan fingerprint density at radius 1 is 0.962 bits per heavy atom. The quantitative estimate of drug-likeness (QED) is 0.454. The van der Waals surface area contributed by atoms with Crippen LogP contribution >= 0.6 is 0 Å². The Balaban J connectivity index is 1.58. The topological polar surface area (TPSA) is 55.4 Å². The molecular formula is C21H23N3O2. The molecule has 134 valence electrons. The van der Waals surface area contributed by atoms with Gasteiger partial charge in [-0.25, -0.2) is 5.43 Å². The monoisotopic (exact) mass is 349 g/mol. The Hall–Kier alpha value is -3.05. The zero-order valence-electron chi connectivity index (χ0n) is 14.8. The van der Waals surface area contributed by atoms with E-state index in [0.717, 1.165) is 41.3 Å². The molecule has 0 atom stereocenters. The van der Waals surface area contributed by atoms with Crippen molar-refractivity contribution >= 4 is 5.69 Å². The summed E-state index contributed by atoms with van der Waals surface area (Å²) in [5.74, 6) is 1.70. The lowest BCUT2D eigenvalue weighted by Crippen LogP contribution is -2.24. The predicted octanol–water partition coefficient (Wildman–Crippen LogP) is 3.83. The third-order valence-electron chi connectivity index (χ3n) is 3.94. The van der Waals surface area contributed by atoms with Crippen molar-refractivity contribution in [2.75, 3.05) is 19.1 Å². The Morgan fingerprint density at radius 2 is 1.77 bits per heavy atom. The van der Waals surface area contributed by atoms with Crippen LogP contribution in [0.3, 0.4) is 0 Å². The molecule has 0 radical (unpaired) electrons.